The van der Waals surface area contributed by atoms with Crippen molar-refractivity contribution in [3.8, 4) is 33.6 Å². The molecule has 5 atom stereocenters. The van der Waals surface area contributed by atoms with Gasteiger partial charge in [0.25, 0.3) is 5.91 Å². The van der Waals surface area contributed by atoms with Crippen LogP contribution in [0.1, 0.15) is 74.4 Å². The number of pyridine rings is 1. The maximum atomic E-state index is 14.1. The molecule has 0 bridgehead atoms. The predicted octanol–water partition coefficient (Wildman–Crippen LogP) is 7.50. The fourth-order valence-electron chi connectivity index (χ4n) is 9.58. The van der Waals surface area contributed by atoms with Crippen LogP contribution in [0.3, 0.4) is 0 Å². The number of carbonyl (C=O) groups is 4. The van der Waals surface area contributed by atoms with Crippen LogP contribution in [0.15, 0.2) is 97.6 Å². The van der Waals surface area contributed by atoms with Crippen LogP contribution in [0, 0.1) is 11.8 Å². The van der Waals surface area contributed by atoms with Crippen LogP contribution < -0.4 is 10.6 Å². The highest BCUT2D eigenvalue weighted by atomic mass is 16.5. The first kappa shape index (κ1) is 43.2. The van der Waals surface area contributed by atoms with Gasteiger partial charge >= 0.3 is 12.2 Å². The van der Waals surface area contributed by atoms with E-state index in [1.807, 2.05) is 11.1 Å². The van der Waals surface area contributed by atoms with Crippen LogP contribution >= 0.6 is 0 Å². The molecule has 0 radical (unpaired) electrons. The van der Waals surface area contributed by atoms with Gasteiger partial charge in [-0.15, -0.1) is 0 Å². The van der Waals surface area contributed by atoms with Gasteiger partial charge in [0.15, 0.2) is 0 Å². The van der Waals surface area contributed by atoms with Gasteiger partial charge in [0.05, 0.1) is 50.1 Å². The lowest BCUT2D eigenvalue weighted by molar-refractivity contribution is -0.137. The first-order valence-electron chi connectivity index (χ1n) is 22.2. The number of nitrogens with one attached hydrogen (secondary N) is 4. The molecule has 3 saturated heterocycles. The molecule has 16 nitrogen and oxygen atoms in total. The molecule has 65 heavy (non-hydrogen) atoms. The van der Waals surface area contributed by atoms with E-state index < -0.39 is 24.3 Å². The Labute approximate surface area is 376 Å². The zero-order valence-electron chi connectivity index (χ0n) is 36.7. The average molecular weight is 880 g/mol. The van der Waals surface area contributed by atoms with Crippen molar-refractivity contribution in [2.45, 2.75) is 63.2 Å². The molecule has 3 aromatic carbocycles. The minimum atomic E-state index is -0.956. The number of alkyl carbamates (subject to hydrolysis) is 2. The van der Waals surface area contributed by atoms with Gasteiger partial charge in [-0.2, -0.15) is 0 Å². The smallest absolute Gasteiger partial charge is 0.407 e. The summed E-state index contributed by atoms with van der Waals surface area (Å²) in [5.41, 5.74) is 6.36. The summed E-state index contributed by atoms with van der Waals surface area (Å²) in [5.74, 6) is 1.23. The summed E-state index contributed by atoms with van der Waals surface area (Å²) >= 11 is 0. The quantitative estimate of drug-likeness (QED) is 0.101. The highest BCUT2D eigenvalue weighted by Crippen LogP contribution is 2.38. The van der Waals surface area contributed by atoms with E-state index in [9.17, 15) is 19.2 Å². The Morgan fingerprint density at radius 3 is 2.05 bits per heavy atom. The first-order chi connectivity index (χ1) is 31.7. The number of rotatable bonds is 11. The van der Waals surface area contributed by atoms with Crippen molar-refractivity contribution in [2.24, 2.45) is 11.8 Å². The fourth-order valence-corrected chi connectivity index (χ4v) is 9.58. The zero-order valence-corrected chi connectivity index (χ0v) is 36.7. The molecule has 6 aromatic rings. The second-order valence-electron chi connectivity index (χ2n) is 17.2. The summed E-state index contributed by atoms with van der Waals surface area (Å²) in [4.78, 5) is 77.0. The van der Waals surface area contributed by atoms with Gasteiger partial charge in [0, 0.05) is 49.8 Å². The molecule has 9 rings (SSSR count). The van der Waals surface area contributed by atoms with Crippen LogP contribution in [0.2, 0.25) is 0 Å². The Balaban J connectivity index is 0.875. The third-order valence-corrected chi connectivity index (χ3v) is 13.0. The van der Waals surface area contributed by atoms with E-state index >= 15 is 0 Å². The van der Waals surface area contributed by atoms with Gasteiger partial charge in [-0.1, -0.05) is 61.5 Å². The largest absolute Gasteiger partial charge is 0.453 e. The molecule has 0 saturated carbocycles. The van der Waals surface area contributed by atoms with Crippen LogP contribution in [-0.2, 0) is 23.8 Å². The number of imidazole rings is 2. The summed E-state index contributed by atoms with van der Waals surface area (Å²) in [6, 6.07) is 22.4. The maximum absolute atomic E-state index is 14.1. The van der Waals surface area contributed by atoms with Crippen LogP contribution in [0.4, 0.5) is 9.59 Å². The number of hydrogen-bond donors (Lipinski definition) is 4. The maximum Gasteiger partial charge on any atom is 0.407 e. The van der Waals surface area contributed by atoms with Crippen molar-refractivity contribution in [3.05, 3.63) is 115 Å². The van der Waals surface area contributed by atoms with E-state index in [1.54, 1.807) is 35.6 Å². The molecule has 4 N–H and O–H groups in total. The van der Waals surface area contributed by atoms with Crippen molar-refractivity contribution in [3.63, 3.8) is 0 Å². The molecule has 3 aromatic heterocycles. The van der Waals surface area contributed by atoms with E-state index in [0.717, 1.165) is 69.5 Å². The number of likely N-dealkylation sites (tertiary alicyclic amines) is 2. The molecule has 3 fully saturated rings. The van der Waals surface area contributed by atoms with Gasteiger partial charge in [0.2, 0.25) is 5.91 Å². The lowest BCUT2D eigenvalue weighted by Crippen LogP contribution is -2.53. The number of aromatic nitrogens is 5. The minimum Gasteiger partial charge on any atom is -0.453 e. The fraction of sp³-hybridized carbons (Fsp3) is 0.367. The van der Waals surface area contributed by atoms with Crippen LogP contribution in [-0.4, -0.2) is 105 Å². The van der Waals surface area contributed by atoms with E-state index in [1.165, 1.54) is 14.2 Å². The predicted molar refractivity (Wildman–Crippen MR) is 242 cm³/mol. The van der Waals surface area contributed by atoms with Gasteiger partial charge < -0.3 is 44.6 Å². The number of benzene rings is 3. The Kier molecular flexibility index (Phi) is 12.6. The monoisotopic (exact) mass is 879 g/mol. The lowest BCUT2D eigenvalue weighted by atomic mass is 9.90. The molecule has 3 aliphatic heterocycles. The highest BCUT2D eigenvalue weighted by Gasteiger charge is 2.41. The van der Waals surface area contributed by atoms with E-state index in [-0.39, 0.29) is 35.7 Å². The van der Waals surface area contributed by atoms with Gasteiger partial charge in [-0.05, 0) is 89.6 Å². The third-order valence-electron chi connectivity index (χ3n) is 13.0. The number of ether oxygens (including phenoxy) is 3. The van der Waals surface area contributed by atoms with E-state index in [4.69, 9.17) is 24.2 Å². The second-order valence-corrected chi connectivity index (χ2v) is 17.2. The molecule has 0 aliphatic carbocycles. The standard InChI is InChI=1S/C49H53N9O7/c1-29-22-41(58(28-29)47(60)43(56-49(62)64-3)37-6-4-18-50-25-37)45-52-26-38(53-45)31-10-8-30(9-11-31)33-12-13-35-24-36(15-14-34(35)23-33)39-27-51-44(54-39)40-7-5-19-57(40)46(59)42(55-48(61)63-2)32-16-20-65-21-17-32/h4,6,8-15,18,23-27,29,32,40-43H,5,7,16-17,19-22,28H2,1-3H3,(H,51,54)(H,52,53)(H,55,61)(H,56,62)/t29?,40-,41-,42-,43?/m0/s1. The SMILES string of the molecule is COC(=O)NC(C(=O)N1CC(C)C[C@H]1c1ncc(-c2ccc(-c3ccc4cc(-c5cnc([C@@H]6CCCN6C(=O)[C@@H](NC(=O)OC)C6CCOCC6)[nH]5)ccc4c3)cc2)[nH]1)c1cccnc1. The van der Waals surface area contributed by atoms with E-state index in [2.05, 4.69) is 93.2 Å². The first-order valence-corrected chi connectivity index (χ1v) is 22.2. The number of carbonyl (C=O) groups excluding carboxylic acids is 4. The number of methoxy groups -OCH3 is 2. The zero-order chi connectivity index (χ0) is 45.0. The number of amides is 4. The normalized spacial score (nSPS) is 19.8. The average Bonchev–Trinajstić information content (AvgIpc) is 4.20. The van der Waals surface area contributed by atoms with Crippen molar-refractivity contribution in [1.29, 1.82) is 0 Å². The molecule has 336 valence electrons. The number of aromatic amines is 2. The van der Waals surface area contributed by atoms with Crippen LogP contribution in [0.25, 0.3) is 44.4 Å². The topological polar surface area (TPSA) is 197 Å². The highest BCUT2D eigenvalue weighted by molar-refractivity contribution is 5.91. The molecule has 16 heteroatoms. The van der Waals surface area contributed by atoms with Crippen molar-refractivity contribution in [1.82, 2.24) is 45.4 Å². The molecule has 0 spiro atoms. The third kappa shape index (κ3) is 9.16. The Morgan fingerprint density at radius 2 is 1.35 bits per heavy atom. The van der Waals surface area contributed by atoms with Gasteiger partial charge in [-0.25, -0.2) is 19.6 Å². The summed E-state index contributed by atoms with van der Waals surface area (Å²) < 4.78 is 15.3. The summed E-state index contributed by atoms with van der Waals surface area (Å²) in [5, 5.41) is 7.69. The Bertz CT molecular complexity index is 2660. The Morgan fingerprint density at radius 1 is 0.723 bits per heavy atom. The van der Waals surface area contributed by atoms with Crippen molar-refractivity contribution >= 4 is 34.8 Å². The summed E-state index contributed by atoms with van der Waals surface area (Å²) in [7, 11) is 2.58. The molecule has 4 amide bonds. The van der Waals surface area contributed by atoms with Gasteiger partial charge in [-0.3, -0.25) is 14.6 Å². The van der Waals surface area contributed by atoms with Crippen molar-refractivity contribution in [2.75, 3.05) is 40.5 Å². The second kappa shape index (κ2) is 19.0. The Hall–Kier alpha value is -7.07. The number of nitrogens with zero attached hydrogens (tertiary/aromatic N) is 5. The number of fused-ring (bicyclic) bond motifs is 1. The summed E-state index contributed by atoms with van der Waals surface area (Å²) in [6.07, 6.45) is 9.22. The van der Waals surface area contributed by atoms with Crippen molar-refractivity contribution < 1.29 is 33.4 Å². The van der Waals surface area contributed by atoms with Crippen LogP contribution in [0.5, 0.6) is 0 Å². The molecular formula is C49H53N9O7. The molecule has 3 aliphatic rings. The molecule has 6 heterocycles. The summed E-state index contributed by atoms with van der Waals surface area (Å²) in [6.45, 7) is 4.32. The lowest BCUT2D eigenvalue weighted by Gasteiger charge is -2.34. The van der Waals surface area contributed by atoms with E-state index in [0.29, 0.717) is 50.5 Å². The minimum absolute atomic E-state index is 0.0325. The number of H-pyrrole nitrogens is 2. The molecule has 2 unspecified atom stereocenters. The number of hydrogen-bond acceptors (Lipinski definition) is 10. The molecular weight excluding hydrogens is 827 g/mol. The van der Waals surface area contributed by atoms with Gasteiger partial charge in [0.1, 0.15) is 23.7 Å².